The summed E-state index contributed by atoms with van der Waals surface area (Å²) in [6.45, 7) is 3.76. The number of carbonyl (C=O) groups is 2. The van der Waals surface area contributed by atoms with Gasteiger partial charge in [-0.1, -0.05) is 13.0 Å². The normalized spacial score (nSPS) is 25.5. The predicted molar refractivity (Wildman–Crippen MR) is 94.7 cm³/mol. The second-order valence-electron chi connectivity index (χ2n) is 6.85. The van der Waals surface area contributed by atoms with Gasteiger partial charge in [0.05, 0.1) is 18.7 Å². The fourth-order valence-corrected chi connectivity index (χ4v) is 3.58. The predicted octanol–water partition coefficient (Wildman–Crippen LogP) is 2.76. The number of carbonyl (C=O) groups excluding carboxylic acids is 2. The summed E-state index contributed by atoms with van der Waals surface area (Å²) in [6.07, 6.45) is 2.85. The van der Waals surface area contributed by atoms with Gasteiger partial charge in [-0.2, -0.15) is 0 Å². The summed E-state index contributed by atoms with van der Waals surface area (Å²) < 4.78 is 10.9. The van der Waals surface area contributed by atoms with E-state index in [1.165, 1.54) is 13.2 Å². The van der Waals surface area contributed by atoms with Crippen LogP contribution in [0.25, 0.3) is 0 Å². The van der Waals surface area contributed by atoms with Gasteiger partial charge in [0.1, 0.15) is 6.10 Å². The van der Waals surface area contributed by atoms with Crippen LogP contribution in [0.15, 0.2) is 29.5 Å². The number of ether oxygens (including phenoxy) is 2. The van der Waals surface area contributed by atoms with E-state index in [2.05, 4.69) is 17.6 Å². The summed E-state index contributed by atoms with van der Waals surface area (Å²) in [5.74, 6) is 0.148. The van der Waals surface area contributed by atoms with Crippen LogP contribution in [-0.4, -0.2) is 30.3 Å². The molecule has 1 fully saturated rings. The number of urea groups is 1. The lowest BCUT2D eigenvalue weighted by molar-refractivity contribution is -0.146. The molecular weight excluding hydrogens is 336 g/mol. The van der Waals surface area contributed by atoms with Crippen molar-refractivity contribution in [3.05, 3.63) is 35.0 Å². The van der Waals surface area contributed by atoms with Gasteiger partial charge in [0, 0.05) is 5.70 Å². The molecule has 0 aromatic heterocycles. The molecule has 7 nitrogen and oxygen atoms in total. The summed E-state index contributed by atoms with van der Waals surface area (Å²) in [6, 6.07) is 3.64. The lowest BCUT2D eigenvalue weighted by Gasteiger charge is -2.29. The minimum atomic E-state index is -0.678. The Morgan fingerprint density at radius 2 is 2.08 bits per heavy atom. The molecule has 1 aromatic rings. The Balaban J connectivity index is 1.92. The second-order valence-corrected chi connectivity index (χ2v) is 6.85. The average molecular weight is 360 g/mol. The smallest absolute Gasteiger partial charge is 0.338 e. The maximum absolute atomic E-state index is 12.9. The monoisotopic (exact) mass is 360 g/mol. The Hall–Kier alpha value is -2.70. The van der Waals surface area contributed by atoms with Gasteiger partial charge in [-0.25, -0.2) is 9.59 Å². The molecule has 0 radical (unpaired) electrons. The highest BCUT2D eigenvalue weighted by Gasteiger charge is 2.35. The molecule has 1 saturated carbocycles. The van der Waals surface area contributed by atoms with E-state index in [-0.39, 0.29) is 17.6 Å². The first-order valence-electron chi connectivity index (χ1n) is 8.77. The van der Waals surface area contributed by atoms with Crippen LogP contribution in [0.3, 0.4) is 0 Å². The number of hydrogen-bond donors (Lipinski definition) is 3. The Bertz CT molecular complexity index is 758. The van der Waals surface area contributed by atoms with Crippen LogP contribution >= 0.6 is 0 Å². The SMILES string of the molecule is COc1cc([C@@H]2NC(=O)NC(C)=C2C(=O)O[C@@H]2CCC[C@H]2C)ccc1O. The second kappa shape index (κ2) is 7.27. The number of amides is 2. The highest BCUT2D eigenvalue weighted by Crippen LogP contribution is 2.35. The first kappa shape index (κ1) is 18.1. The third-order valence-corrected chi connectivity index (χ3v) is 5.07. The van der Waals surface area contributed by atoms with Gasteiger partial charge in [-0.15, -0.1) is 0 Å². The highest BCUT2D eigenvalue weighted by molar-refractivity contribution is 5.95. The van der Waals surface area contributed by atoms with Crippen LogP contribution in [0, 0.1) is 5.92 Å². The number of methoxy groups -OCH3 is 1. The van der Waals surface area contributed by atoms with Crippen LogP contribution in [0.1, 0.15) is 44.7 Å². The maximum atomic E-state index is 12.9. The van der Waals surface area contributed by atoms with Gasteiger partial charge in [-0.3, -0.25) is 0 Å². The topological polar surface area (TPSA) is 96.9 Å². The summed E-state index contributed by atoms with van der Waals surface area (Å²) in [5.41, 5.74) is 1.44. The van der Waals surface area contributed by atoms with Crippen molar-refractivity contribution in [2.45, 2.75) is 45.3 Å². The number of benzene rings is 1. The number of hydrogen-bond acceptors (Lipinski definition) is 5. The van der Waals surface area contributed by atoms with Crippen molar-refractivity contribution in [2.75, 3.05) is 7.11 Å². The van der Waals surface area contributed by atoms with Crippen molar-refractivity contribution in [2.24, 2.45) is 5.92 Å². The first-order valence-corrected chi connectivity index (χ1v) is 8.77. The minimum Gasteiger partial charge on any atom is -0.504 e. The molecule has 1 aliphatic heterocycles. The third kappa shape index (κ3) is 3.47. The Morgan fingerprint density at radius 1 is 1.31 bits per heavy atom. The van der Waals surface area contributed by atoms with Gasteiger partial charge in [-0.05, 0) is 49.8 Å². The van der Waals surface area contributed by atoms with Crippen molar-refractivity contribution in [1.82, 2.24) is 10.6 Å². The Labute approximate surface area is 152 Å². The largest absolute Gasteiger partial charge is 0.504 e. The molecule has 0 saturated heterocycles. The van der Waals surface area contributed by atoms with Gasteiger partial charge in [0.15, 0.2) is 11.5 Å². The zero-order chi connectivity index (χ0) is 18.8. The van der Waals surface area contributed by atoms with Crippen molar-refractivity contribution >= 4 is 12.0 Å². The fraction of sp³-hybridized carbons (Fsp3) is 0.474. The maximum Gasteiger partial charge on any atom is 0.338 e. The number of aromatic hydroxyl groups is 1. The Kier molecular flexibility index (Phi) is 5.06. The number of phenols is 1. The van der Waals surface area contributed by atoms with Crippen molar-refractivity contribution in [1.29, 1.82) is 0 Å². The van der Waals surface area contributed by atoms with Crippen LogP contribution in [0.4, 0.5) is 4.79 Å². The third-order valence-electron chi connectivity index (χ3n) is 5.07. The number of phenolic OH excluding ortho intramolecular Hbond substituents is 1. The molecule has 3 rings (SSSR count). The molecule has 1 aliphatic carbocycles. The number of esters is 1. The molecule has 0 spiro atoms. The molecule has 3 N–H and O–H groups in total. The summed E-state index contributed by atoms with van der Waals surface area (Å²) in [4.78, 5) is 24.8. The van der Waals surface area contributed by atoms with E-state index in [0.717, 1.165) is 19.3 Å². The number of rotatable bonds is 4. The van der Waals surface area contributed by atoms with E-state index >= 15 is 0 Å². The summed E-state index contributed by atoms with van der Waals surface area (Å²) in [5, 5.41) is 15.2. The van der Waals surface area contributed by atoms with Gasteiger partial charge in [0.25, 0.3) is 0 Å². The highest BCUT2D eigenvalue weighted by atomic mass is 16.5. The zero-order valence-corrected chi connectivity index (χ0v) is 15.2. The molecule has 140 valence electrons. The molecule has 1 aromatic carbocycles. The van der Waals surface area contributed by atoms with Gasteiger partial charge >= 0.3 is 12.0 Å². The lowest BCUT2D eigenvalue weighted by Crippen LogP contribution is -2.45. The van der Waals surface area contributed by atoms with Crippen LogP contribution in [0.5, 0.6) is 11.5 Å². The molecule has 2 amide bonds. The van der Waals surface area contributed by atoms with Gasteiger partial charge < -0.3 is 25.2 Å². The quantitative estimate of drug-likeness (QED) is 0.718. The van der Waals surface area contributed by atoms with E-state index in [0.29, 0.717) is 22.8 Å². The summed E-state index contributed by atoms with van der Waals surface area (Å²) >= 11 is 0. The summed E-state index contributed by atoms with van der Waals surface area (Å²) in [7, 11) is 1.44. The standard InChI is InChI=1S/C19H24N2O5/c1-10-5-4-6-14(10)26-18(23)16-11(2)20-19(24)21-17(16)12-7-8-13(22)15(9-12)25-3/h7-10,14,17,22H,4-6H2,1-3H3,(H2,20,21,24)/t10-,14-,17+/m1/s1. The van der Waals surface area contributed by atoms with E-state index in [9.17, 15) is 14.7 Å². The minimum absolute atomic E-state index is 0.0129. The van der Waals surface area contributed by atoms with E-state index < -0.39 is 18.0 Å². The number of nitrogens with one attached hydrogen (secondary N) is 2. The van der Waals surface area contributed by atoms with E-state index in [1.807, 2.05) is 0 Å². The van der Waals surface area contributed by atoms with E-state index in [4.69, 9.17) is 9.47 Å². The van der Waals surface area contributed by atoms with Gasteiger partial charge in [0.2, 0.25) is 0 Å². The molecule has 7 heteroatoms. The van der Waals surface area contributed by atoms with Crippen LogP contribution < -0.4 is 15.4 Å². The molecule has 0 unspecified atom stereocenters. The molecule has 26 heavy (non-hydrogen) atoms. The lowest BCUT2D eigenvalue weighted by atomic mass is 9.95. The Morgan fingerprint density at radius 3 is 2.73 bits per heavy atom. The average Bonchev–Trinajstić information content (AvgIpc) is 2.99. The molecule has 2 aliphatic rings. The van der Waals surface area contributed by atoms with Crippen molar-refractivity contribution in [3.63, 3.8) is 0 Å². The van der Waals surface area contributed by atoms with Crippen molar-refractivity contribution < 1.29 is 24.2 Å². The molecular formula is C19H24N2O5. The number of allylic oxidation sites excluding steroid dienone is 1. The zero-order valence-electron chi connectivity index (χ0n) is 15.2. The first-order chi connectivity index (χ1) is 12.4. The molecule has 0 bridgehead atoms. The van der Waals surface area contributed by atoms with Crippen molar-refractivity contribution in [3.8, 4) is 11.5 Å². The van der Waals surface area contributed by atoms with E-state index in [1.54, 1.807) is 19.1 Å². The molecule has 1 heterocycles. The van der Waals surface area contributed by atoms with Crippen LogP contribution in [0.2, 0.25) is 0 Å². The fourth-order valence-electron chi connectivity index (χ4n) is 3.58. The van der Waals surface area contributed by atoms with Crippen LogP contribution in [-0.2, 0) is 9.53 Å². The molecule has 3 atom stereocenters.